The molecule has 0 saturated carbocycles. The molecule has 0 amide bonds. The number of nitrogens with zero attached hydrogens (tertiary/aromatic N) is 2. The van der Waals surface area contributed by atoms with Crippen LogP contribution in [-0.4, -0.2) is 61.8 Å². The molecule has 21 heavy (non-hydrogen) atoms. The zero-order valence-corrected chi connectivity index (χ0v) is 14.5. The average Bonchev–Trinajstić information content (AvgIpc) is 3.24. The summed E-state index contributed by atoms with van der Waals surface area (Å²) in [4.78, 5) is 5.23. The highest BCUT2D eigenvalue weighted by molar-refractivity contribution is 4.96. The maximum atomic E-state index is 5.66. The smallest absolute Gasteiger partial charge is 0.0969 e. The molecule has 3 aliphatic rings. The number of epoxide rings is 1. The molecule has 0 radical (unpaired) electrons. The molecule has 3 heterocycles. The van der Waals surface area contributed by atoms with Crippen LogP contribution in [-0.2, 0) is 4.74 Å². The van der Waals surface area contributed by atoms with E-state index in [0.717, 1.165) is 18.4 Å². The van der Waals surface area contributed by atoms with Crippen LogP contribution in [0, 0.1) is 17.3 Å². The topological polar surface area (TPSA) is 19.0 Å². The molecule has 3 heteroatoms. The van der Waals surface area contributed by atoms with Crippen LogP contribution >= 0.6 is 0 Å². The molecule has 0 aromatic heterocycles. The predicted octanol–water partition coefficient (Wildman–Crippen LogP) is 2.85. The van der Waals surface area contributed by atoms with Crippen molar-refractivity contribution in [2.24, 2.45) is 17.3 Å². The van der Waals surface area contributed by atoms with Gasteiger partial charge in [0, 0.05) is 6.04 Å². The zero-order chi connectivity index (χ0) is 15.0. The van der Waals surface area contributed by atoms with E-state index in [1.165, 1.54) is 51.9 Å². The molecule has 0 aliphatic carbocycles. The molecule has 3 saturated heterocycles. The first-order valence-electron chi connectivity index (χ1n) is 8.99. The standard InChI is InChI=1S/C18H34N2O/c1-18(2,3)17(16-13-21-16)20-11-7-15(8-12-20)14-5-9-19(4)10-6-14/h14-17H,5-13H2,1-4H3. The minimum Gasteiger partial charge on any atom is -0.371 e. The molecule has 0 bridgehead atoms. The summed E-state index contributed by atoms with van der Waals surface area (Å²) in [7, 11) is 2.27. The van der Waals surface area contributed by atoms with Crippen molar-refractivity contribution in [3.8, 4) is 0 Å². The van der Waals surface area contributed by atoms with E-state index in [2.05, 4.69) is 37.6 Å². The Bertz CT molecular complexity index is 332. The lowest BCUT2D eigenvalue weighted by Gasteiger charge is -2.45. The summed E-state index contributed by atoms with van der Waals surface area (Å²) >= 11 is 0. The van der Waals surface area contributed by atoms with Gasteiger partial charge >= 0.3 is 0 Å². The minimum absolute atomic E-state index is 0.335. The van der Waals surface area contributed by atoms with Crippen LogP contribution in [0.2, 0.25) is 0 Å². The second-order valence-corrected chi connectivity index (χ2v) is 8.70. The van der Waals surface area contributed by atoms with Gasteiger partial charge in [-0.15, -0.1) is 0 Å². The molecule has 0 spiro atoms. The van der Waals surface area contributed by atoms with Crippen LogP contribution in [0.1, 0.15) is 46.5 Å². The van der Waals surface area contributed by atoms with Gasteiger partial charge < -0.3 is 9.64 Å². The maximum Gasteiger partial charge on any atom is 0.0969 e. The summed E-state index contributed by atoms with van der Waals surface area (Å²) in [6.45, 7) is 13.3. The first kappa shape index (κ1) is 15.8. The van der Waals surface area contributed by atoms with E-state index in [0.29, 0.717) is 17.6 Å². The van der Waals surface area contributed by atoms with E-state index < -0.39 is 0 Å². The highest BCUT2D eigenvalue weighted by atomic mass is 16.6. The van der Waals surface area contributed by atoms with Gasteiger partial charge in [-0.3, -0.25) is 4.90 Å². The Morgan fingerprint density at radius 3 is 1.81 bits per heavy atom. The van der Waals surface area contributed by atoms with Crippen molar-refractivity contribution in [3.05, 3.63) is 0 Å². The third-order valence-corrected chi connectivity index (χ3v) is 6.00. The summed E-state index contributed by atoms with van der Waals surface area (Å²) in [5, 5.41) is 0. The van der Waals surface area contributed by atoms with Crippen molar-refractivity contribution in [1.82, 2.24) is 9.80 Å². The molecular formula is C18H34N2O. The van der Waals surface area contributed by atoms with Crippen molar-refractivity contribution in [3.63, 3.8) is 0 Å². The lowest BCUT2D eigenvalue weighted by atomic mass is 9.77. The Labute approximate surface area is 131 Å². The van der Waals surface area contributed by atoms with Crippen LogP contribution in [0.25, 0.3) is 0 Å². The Kier molecular flexibility index (Phi) is 4.63. The molecule has 3 fully saturated rings. The van der Waals surface area contributed by atoms with E-state index in [1.54, 1.807) is 0 Å². The molecule has 2 unspecified atom stereocenters. The highest BCUT2D eigenvalue weighted by Gasteiger charge is 2.44. The van der Waals surface area contributed by atoms with Gasteiger partial charge in [-0.2, -0.15) is 0 Å². The Morgan fingerprint density at radius 1 is 0.905 bits per heavy atom. The summed E-state index contributed by atoms with van der Waals surface area (Å²) in [6, 6.07) is 0.621. The summed E-state index contributed by atoms with van der Waals surface area (Å²) in [5.74, 6) is 1.98. The van der Waals surface area contributed by atoms with Crippen molar-refractivity contribution in [1.29, 1.82) is 0 Å². The lowest BCUT2D eigenvalue weighted by molar-refractivity contribution is 0.0275. The van der Waals surface area contributed by atoms with Gasteiger partial charge in [0.05, 0.1) is 12.7 Å². The van der Waals surface area contributed by atoms with Crippen molar-refractivity contribution in [2.75, 3.05) is 39.8 Å². The van der Waals surface area contributed by atoms with E-state index in [9.17, 15) is 0 Å². The van der Waals surface area contributed by atoms with E-state index in [-0.39, 0.29) is 0 Å². The molecule has 3 rings (SSSR count). The van der Waals surface area contributed by atoms with Crippen molar-refractivity contribution >= 4 is 0 Å². The first-order chi connectivity index (χ1) is 9.95. The molecule has 0 aromatic carbocycles. The number of rotatable bonds is 3. The summed E-state index contributed by atoms with van der Waals surface area (Å²) < 4.78 is 5.66. The van der Waals surface area contributed by atoms with Crippen LogP contribution in [0.4, 0.5) is 0 Å². The first-order valence-corrected chi connectivity index (χ1v) is 8.99. The Morgan fingerprint density at radius 2 is 1.38 bits per heavy atom. The molecule has 0 aromatic rings. The number of piperidine rings is 2. The highest BCUT2D eigenvalue weighted by Crippen LogP contribution is 2.38. The van der Waals surface area contributed by atoms with Crippen LogP contribution in [0.5, 0.6) is 0 Å². The van der Waals surface area contributed by atoms with Gasteiger partial charge in [-0.1, -0.05) is 20.8 Å². The predicted molar refractivity (Wildman–Crippen MR) is 87.5 cm³/mol. The second kappa shape index (κ2) is 6.17. The van der Waals surface area contributed by atoms with Gasteiger partial charge in [0.25, 0.3) is 0 Å². The number of hydrogen-bond donors (Lipinski definition) is 0. The quantitative estimate of drug-likeness (QED) is 0.746. The molecule has 122 valence electrons. The van der Waals surface area contributed by atoms with Gasteiger partial charge in [0.1, 0.15) is 0 Å². The van der Waals surface area contributed by atoms with Crippen LogP contribution in [0.15, 0.2) is 0 Å². The van der Waals surface area contributed by atoms with E-state index in [4.69, 9.17) is 4.74 Å². The third kappa shape index (κ3) is 3.80. The number of likely N-dealkylation sites (tertiary alicyclic amines) is 2. The van der Waals surface area contributed by atoms with Gasteiger partial charge in [0.15, 0.2) is 0 Å². The SMILES string of the molecule is CN1CCC(C2CCN(C(C3CO3)C(C)(C)C)CC2)CC1. The largest absolute Gasteiger partial charge is 0.371 e. The number of hydrogen-bond acceptors (Lipinski definition) is 3. The fourth-order valence-corrected chi connectivity index (χ4v) is 4.75. The van der Waals surface area contributed by atoms with Crippen molar-refractivity contribution in [2.45, 2.75) is 58.6 Å². The lowest BCUT2D eigenvalue weighted by Crippen LogP contribution is -2.51. The minimum atomic E-state index is 0.335. The fourth-order valence-electron chi connectivity index (χ4n) is 4.75. The van der Waals surface area contributed by atoms with Gasteiger partial charge in [-0.25, -0.2) is 0 Å². The zero-order valence-electron chi connectivity index (χ0n) is 14.5. The maximum absolute atomic E-state index is 5.66. The monoisotopic (exact) mass is 294 g/mol. The van der Waals surface area contributed by atoms with E-state index in [1.807, 2.05) is 0 Å². The average molecular weight is 294 g/mol. The molecule has 0 N–H and O–H groups in total. The third-order valence-electron chi connectivity index (χ3n) is 6.00. The second-order valence-electron chi connectivity index (χ2n) is 8.70. The Hall–Kier alpha value is -0.120. The van der Waals surface area contributed by atoms with Crippen molar-refractivity contribution < 1.29 is 4.74 Å². The number of ether oxygens (including phenoxy) is 1. The molecule has 3 nitrogen and oxygen atoms in total. The Balaban J connectivity index is 1.52. The summed E-state index contributed by atoms with van der Waals surface area (Å²) in [5.41, 5.74) is 0.335. The van der Waals surface area contributed by atoms with Gasteiger partial charge in [0.2, 0.25) is 0 Å². The van der Waals surface area contributed by atoms with E-state index >= 15 is 0 Å². The summed E-state index contributed by atoms with van der Waals surface area (Å²) in [6.07, 6.45) is 6.18. The molecular weight excluding hydrogens is 260 g/mol. The fraction of sp³-hybridized carbons (Fsp3) is 1.00. The van der Waals surface area contributed by atoms with Crippen LogP contribution < -0.4 is 0 Å². The molecule has 3 aliphatic heterocycles. The molecule has 2 atom stereocenters. The van der Waals surface area contributed by atoms with Crippen LogP contribution in [0.3, 0.4) is 0 Å². The normalized spacial score (nSPS) is 32.3. The van der Waals surface area contributed by atoms with Gasteiger partial charge in [-0.05, 0) is 76.2 Å².